The maximum absolute atomic E-state index is 4.74. The van der Waals surface area contributed by atoms with Crippen molar-refractivity contribution in [3.8, 4) is 0 Å². The summed E-state index contributed by atoms with van der Waals surface area (Å²) in [5.41, 5.74) is 2.67. The van der Waals surface area contributed by atoms with Crippen LogP contribution in [0.25, 0.3) is 0 Å². The van der Waals surface area contributed by atoms with Gasteiger partial charge in [-0.05, 0) is 31.9 Å². The smallest absolute Gasteiger partial charge is 0.139 e. The Labute approximate surface area is 126 Å². The van der Waals surface area contributed by atoms with Gasteiger partial charge in [0.05, 0.1) is 0 Å². The van der Waals surface area contributed by atoms with Gasteiger partial charge in [-0.15, -0.1) is 0 Å². The molecule has 1 atom stereocenters. The Kier molecular flexibility index (Phi) is 3.78. The summed E-state index contributed by atoms with van der Waals surface area (Å²) in [5, 5.41) is 3.31. The minimum atomic E-state index is 0.427. The molecule has 1 aromatic carbocycles. The van der Waals surface area contributed by atoms with Gasteiger partial charge in [0.1, 0.15) is 17.5 Å². The maximum Gasteiger partial charge on any atom is 0.139 e. The monoisotopic (exact) mass is 282 g/mol. The quantitative estimate of drug-likeness (QED) is 0.931. The van der Waals surface area contributed by atoms with Crippen molar-refractivity contribution in [1.29, 1.82) is 0 Å². The number of nitrogens with one attached hydrogen (secondary N) is 1. The van der Waals surface area contributed by atoms with Gasteiger partial charge in [-0.2, -0.15) is 0 Å². The van der Waals surface area contributed by atoms with Crippen LogP contribution >= 0.6 is 0 Å². The van der Waals surface area contributed by atoms with Gasteiger partial charge in [-0.25, -0.2) is 9.97 Å². The maximum atomic E-state index is 4.74. The lowest BCUT2D eigenvalue weighted by Crippen LogP contribution is -2.25. The molecule has 2 aromatic rings. The minimum Gasteiger partial charge on any atom is -0.370 e. The molecule has 0 amide bonds. The Balaban J connectivity index is 2.05. The highest BCUT2D eigenvalue weighted by atomic mass is 15.2. The first-order valence-corrected chi connectivity index (χ1v) is 7.72. The zero-order valence-electron chi connectivity index (χ0n) is 12.9. The first-order chi connectivity index (χ1) is 10.2. The van der Waals surface area contributed by atoms with Crippen LogP contribution in [0.15, 0.2) is 30.3 Å². The number of benzene rings is 1. The fourth-order valence-corrected chi connectivity index (χ4v) is 2.95. The molecular weight excluding hydrogens is 260 g/mol. The van der Waals surface area contributed by atoms with Gasteiger partial charge in [0, 0.05) is 30.8 Å². The third kappa shape index (κ3) is 2.58. The van der Waals surface area contributed by atoms with Crippen molar-refractivity contribution in [3.05, 3.63) is 41.7 Å². The Morgan fingerprint density at radius 3 is 2.81 bits per heavy atom. The highest BCUT2D eigenvalue weighted by Gasteiger charge is 2.28. The van der Waals surface area contributed by atoms with Crippen molar-refractivity contribution in [2.24, 2.45) is 0 Å². The van der Waals surface area contributed by atoms with Crippen molar-refractivity contribution < 1.29 is 0 Å². The molecule has 1 N–H and O–H groups in total. The number of rotatable bonds is 4. The van der Waals surface area contributed by atoms with Crippen LogP contribution in [0.3, 0.4) is 0 Å². The van der Waals surface area contributed by atoms with Crippen LogP contribution in [0.5, 0.6) is 0 Å². The average molecular weight is 282 g/mol. The zero-order chi connectivity index (χ0) is 14.8. The molecule has 2 heterocycles. The normalized spacial score (nSPS) is 16.9. The van der Waals surface area contributed by atoms with E-state index in [0.717, 1.165) is 36.8 Å². The number of aryl methyl sites for hydroxylation is 1. The summed E-state index contributed by atoms with van der Waals surface area (Å²) in [5.74, 6) is 2.80. The van der Waals surface area contributed by atoms with Gasteiger partial charge >= 0.3 is 0 Å². The lowest BCUT2D eigenvalue weighted by atomic mass is 10.1. The SMILES string of the molecule is CCNc1cc(N2c3ccccc3CC2C)nc(CC)n1. The van der Waals surface area contributed by atoms with Gasteiger partial charge in [-0.3, -0.25) is 0 Å². The molecule has 110 valence electrons. The second-order valence-electron chi connectivity index (χ2n) is 5.46. The van der Waals surface area contributed by atoms with E-state index in [2.05, 4.69) is 66.3 Å². The summed E-state index contributed by atoms with van der Waals surface area (Å²) in [7, 11) is 0. The molecule has 0 saturated carbocycles. The van der Waals surface area contributed by atoms with Crippen LogP contribution in [0.1, 0.15) is 32.2 Å². The minimum absolute atomic E-state index is 0.427. The van der Waals surface area contributed by atoms with E-state index in [1.54, 1.807) is 0 Å². The van der Waals surface area contributed by atoms with E-state index in [0.29, 0.717) is 6.04 Å². The van der Waals surface area contributed by atoms with E-state index in [1.165, 1.54) is 11.3 Å². The molecule has 3 rings (SSSR count). The molecule has 0 bridgehead atoms. The van der Waals surface area contributed by atoms with Crippen molar-refractivity contribution in [1.82, 2.24) is 9.97 Å². The Morgan fingerprint density at radius 1 is 1.24 bits per heavy atom. The van der Waals surface area contributed by atoms with Crippen molar-refractivity contribution >= 4 is 17.3 Å². The van der Waals surface area contributed by atoms with Gasteiger partial charge in [0.15, 0.2) is 0 Å². The average Bonchev–Trinajstić information content (AvgIpc) is 2.83. The van der Waals surface area contributed by atoms with Crippen LogP contribution in [-0.2, 0) is 12.8 Å². The molecule has 21 heavy (non-hydrogen) atoms. The van der Waals surface area contributed by atoms with Gasteiger partial charge < -0.3 is 10.2 Å². The summed E-state index contributed by atoms with van der Waals surface area (Å²) in [6, 6.07) is 11.1. The highest BCUT2D eigenvalue weighted by molar-refractivity contribution is 5.70. The van der Waals surface area contributed by atoms with Gasteiger partial charge in [-0.1, -0.05) is 25.1 Å². The summed E-state index contributed by atoms with van der Waals surface area (Å²) in [6.07, 6.45) is 1.91. The molecule has 4 nitrogen and oxygen atoms in total. The van der Waals surface area contributed by atoms with Crippen molar-refractivity contribution in [2.75, 3.05) is 16.8 Å². The van der Waals surface area contributed by atoms with E-state index in [9.17, 15) is 0 Å². The molecule has 1 aromatic heterocycles. The molecule has 1 aliphatic heterocycles. The van der Waals surface area contributed by atoms with Crippen LogP contribution in [0.4, 0.5) is 17.3 Å². The second kappa shape index (κ2) is 5.72. The van der Waals surface area contributed by atoms with Gasteiger partial charge in [0.25, 0.3) is 0 Å². The van der Waals surface area contributed by atoms with E-state index in [1.807, 2.05) is 0 Å². The third-order valence-electron chi connectivity index (χ3n) is 3.89. The molecule has 0 fully saturated rings. The topological polar surface area (TPSA) is 41.0 Å². The van der Waals surface area contributed by atoms with Crippen molar-refractivity contribution in [2.45, 2.75) is 39.7 Å². The van der Waals surface area contributed by atoms with Gasteiger partial charge in [0.2, 0.25) is 0 Å². The summed E-state index contributed by atoms with van der Waals surface area (Å²) >= 11 is 0. The molecule has 0 aliphatic carbocycles. The predicted molar refractivity (Wildman–Crippen MR) is 87.3 cm³/mol. The van der Waals surface area contributed by atoms with E-state index in [4.69, 9.17) is 4.98 Å². The largest absolute Gasteiger partial charge is 0.370 e. The molecule has 0 saturated heterocycles. The number of fused-ring (bicyclic) bond motifs is 1. The zero-order valence-corrected chi connectivity index (χ0v) is 12.9. The molecule has 4 heteroatoms. The summed E-state index contributed by atoms with van der Waals surface area (Å²) in [6.45, 7) is 7.30. The lowest BCUT2D eigenvalue weighted by Gasteiger charge is -2.24. The van der Waals surface area contributed by atoms with Crippen LogP contribution in [0, 0.1) is 0 Å². The molecule has 1 unspecified atom stereocenters. The van der Waals surface area contributed by atoms with Crippen LogP contribution < -0.4 is 10.2 Å². The molecule has 0 radical (unpaired) electrons. The summed E-state index contributed by atoms with van der Waals surface area (Å²) < 4.78 is 0. The first kappa shape index (κ1) is 13.9. The van der Waals surface area contributed by atoms with E-state index < -0.39 is 0 Å². The lowest BCUT2D eigenvalue weighted by molar-refractivity contribution is 0.744. The molecular formula is C17H22N4. The fourth-order valence-electron chi connectivity index (χ4n) is 2.95. The fraction of sp³-hybridized carbons (Fsp3) is 0.412. The second-order valence-corrected chi connectivity index (χ2v) is 5.46. The molecule has 1 aliphatic rings. The number of hydrogen-bond acceptors (Lipinski definition) is 4. The number of hydrogen-bond donors (Lipinski definition) is 1. The van der Waals surface area contributed by atoms with Crippen molar-refractivity contribution in [3.63, 3.8) is 0 Å². The Bertz CT molecular complexity index is 638. The Hall–Kier alpha value is -2.10. The highest BCUT2D eigenvalue weighted by Crippen LogP contribution is 2.37. The number of aromatic nitrogens is 2. The number of para-hydroxylation sites is 1. The van der Waals surface area contributed by atoms with E-state index in [-0.39, 0.29) is 0 Å². The summed E-state index contributed by atoms with van der Waals surface area (Å²) in [4.78, 5) is 11.6. The molecule has 0 spiro atoms. The standard InChI is InChI=1S/C17H22N4/c1-4-15-19-16(18-5-2)11-17(20-15)21-12(3)10-13-8-6-7-9-14(13)21/h6-9,11-12H,4-5,10H2,1-3H3,(H,18,19,20). The van der Waals surface area contributed by atoms with E-state index >= 15 is 0 Å². The number of anilines is 3. The number of nitrogens with zero attached hydrogens (tertiary/aromatic N) is 3. The predicted octanol–water partition coefficient (Wildman–Crippen LogP) is 3.55. The van der Waals surface area contributed by atoms with Crippen LogP contribution in [0.2, 0.25) is 0 Å². The Morgan fingerprint density at radius 2 is 2.05 bits per heavy atom. The first-order valence-electron chi connectivity index (χ1n) is 7.72. The third-order valence-corrected chi connectivity index (χ3v) is 3.89. The van der Waals surface area contributed by atoms with Crippen LogP contribution in [-0.4, -0.2) is 22.6 Å².